The summed E-state index contributed by atoms with van der Waals surface area (Å²) in [5.74, 6) is 0.0326. The van der Waals surface area contributed by atoms with Crippen molar-refractivity contribution in [2.24, 2.45) is 0 Å². The predicted octanol–water partition coefficient (Wildman–Crippen LogP) is 3.05. The van der Waals surface area contributed by atoms with Crippen molar-refractivity contribution < 1.29 is 24.2 Å². The Balaban J connectivity index is 2.03. The molecular weight excluding hydrogens is 300 g/mol. The van der Waals surface area contributed by atoms with Gasteiger partial charge in [-0.15, -0.1) is 0 Å². The predicted molar refractivity (Wildman–Crippen MR) is 85.6 cm³/mol. The maximum Gasteiger partial charge on any atom is 0.335 e. The third-order valence-corrected chi connectivity index (χ3v) is 3.03. The number of benzene rings is 2. The summed E-state index contributed by atoms with van der Waals surface area (Å²) >= 11 is 0. The Bertz CT molecular complexity index is 713. The van der Waals surface area contributed by atoms with Gasteiger partial charge >= 0.3 is 12.0 Å². The van der Waals surface area contributed by atoms with Crippen LogP contribution in [0.4, 0.5) is 16.2 Å². The highest BCUT2D eigenvalue weighted by atomic mass is 16.5. The molecule has 0 aliphatic rings. The lowest BCUT2D eigenvalue weighted by molar-refractivity contribution is 0.0697. The Labute approximate surface area is 132 Å². The van der Waals surface area contributed by atoms with Gasteiger partial charge in [0.05, 0.1) is 19.8 Å². The molecule has 2 aromatic carbocycles. The van der Waals surface area contributed by atoms with Crippen LogP contribution in [0, 0.1) is 0 Å². The Morgan fingerprint density at radius 2 is 1.43 bits per heavy atom. The van der Waals surface area contributed by atoms with E-state index in [2.05, 4.69) is 10.6 Å². The van der Waals surface area contributed by atoms with Gasteiger partial charge in [-0.3, -0.25) is 0 Å². The first kappa shape index (κ1) is 16.2. The van der Waals surface area contributed by atoms with Crippen LogP contribution >= 0.6 is 0 Å². The van der Waals surface area contributed by atoms with Gasteiger partial charge in [-0.2, -0.15) is 0 Å². The number of aromatic carboxylic acids is 1. The van der Waals surface area contributed by atoms with Crippen molar-refractivity contribution in [1.82, 2.24) is 0 Å². The van der Waals surface area contributed by atoms with E-state index in [1.165, 1.54) is 38.5 Å². The zero-order valence-corrected chi connectivity index (χ0v) is 12.6. The Kier molecular flexibility index (Phi) is 5.03. The lowest BCUT2D eigenvalue weighted by Crippen LogP contribution is -2.19. The summed E-state index contributed by atoms with van der Waals surface area (Å²) in [6.07, 6.45) is 0. The number of urea groups is 1. The van der Waals surface area contributed by atoms with Gasteiger partial charge in [0.15, 0.2) is 11.5 Å². The molecule has 3 N–H and O–H groups in total. The highest BCUT2D eigenvalue weighted by Crippen LogP contribution is 2.29. The quantitative estimate of drug-likeness (QED) is 0.787. The van der Waals surface area contributed by atoms with E-state index >= 15 is 0 Å². The molecule has 0 bridgehead atoms. The summed E-state index contributed by atoms with van der Waals surface area (Å²) in [7, 11) is 3.03. The van der Waals surface area contributed by atoms with Crippen LogP contribution in [0.1, 0.15) is 10.4 Å². The number of carboxylic acid groups (broad SMARTS) is 1. The average molecular weight is 316 g/mol. The van der Waals surface area contributed by atoms with Gasteiger partial charge in [-0.1, -0.05) is 0 Å². The zero-order chi connectivity index (χ0) is 16.8. The van der Waals surface area contributed by atoms with Crippen molar-refractivity contribution in [3.63, 3.8) is 0 Å². The number of amides is 2. The Morgan fingerprint density at radius 1 is 0.870 bits per heavy atom. The zero-order valence-electron chi connectivity index (χ0n) is 12.6. The third kappa shape index (κ3) is 4.13. The van der Waals surface area contributed by atoms with Gasteiger partial charge in [-0.25, -0.2) is 9.59 Å². The van der Waals surface area contributed by atoms with E-state index in [9.17, 15) is 9.59 Å². The van der Waals surface area contributed by atoms with Gasteiger partial charge in [0.25, 0.3) is 0 Å². The van der Waals surface area contributed by atoms with Crippen LogP contribution in [-0.4, -0.2) is 31.3 Å². The van der Waals surface area contributed by atoms with Crippen LogP contribution in [0.15, 0.2) is 42.5 Å². The molecular formula is C16H16N2O5. The normalized spacial score (nSPS) is 9.83. The SMILES string of the molecule is COc1ccc(NC(=O)Nc2ccc(C(=O)O)cc2)cc1OC. The number of anilines is 2. The minimum atomic E-state index is -1.02. The van der Waals surface area contributed by atoms with Gasteiger partial charge < -0.3 is 25.2 Å². The smallest absolute Gasteiger partial charge is 0.335 e. The molecule has 0 aliphatic carbocycles. The highest BCUT2D eigenvalue weighted by molar-refractivity contribution is 6.00. The Morgan fingerprint density at radius 3 is 2.00 bits per heavy atom. The molecule has 0 aromatic heterocycles. The lowest BCUT2D eigenvalue weighted by Gasteiger charge is -2.11. The molecule has 7 nitrogen and oxygen atoms in total. The molecule has 0 unspecified atom stereocenters. The minimum absolute atomic E-state index is 0.149. The molecule has 2 rings (SSSR count). The van der Waals surface area contributed by atoms with Gasteiger partial charge in [0.2, 0.25) is 0 Å². The van der Waals surface area contributed by atoms with E-state index in [0.29, 0.717) is 22.9 Å². The van der Waals surface area contributed by atoms with E-state index in [0.717, 1.165) is 0 Å². The second kappa shape index (κ2) is 7.17. The van der Waals surface area contributed by atoms with E-state index in [1.807, 2.05) is 0 Å². The van der Waals surface area contributed by atoms with E-state index in [-0.39, 0.29) is 5.56 Å². The molecule has 0 atom stereocenters. The number of methoxy groups -OCH3 is 2. The van der Waals surface area contributed by atoms with Crippen LogP contribution in [0.2, 0.25) is 0 Å². The molecule has 2 aromatic rings. The average Bonchev–Trinajstić information content (AvgIpc) is 2.55. The standard InChI is InChI=1S/C16H16N2O5/c1-22-13-8-7-12(9-14(13)23-2)18-16(21)17-11-5-3-10(4-6-11)15(19)20/h3-9H,1-2H3,(H,19,20)(H2,17,18,21). The van der Waals surface area contributed by atoms with Crippen LogP contribution in [0.3, 0.4) is 0 Å². The number of carboxylic acids is 1. The summed E-state index contributed by atoms with van der Waals surface area (Å²) in [4.78, 5) is 22.7. The maximum atomic E-state index is 11.9. The molecule has 0 fully saturated rings. The van der Waals surface area contributed by atoms with Crippen molar-refractivity contribution >= 4 is 23.4 Å². The maximum absolute atomic E-state index is 11.9. The second-order valence-corrected chi connectivity index (χ2v) is 4.53. The largest absolute Gasteiger partial charge is 0.493 e. The second-order valence-electron chi connectivity index (χ2n) is 4.53. The first-order valence-electron chi connectivity index (χ1n) is 6.67. The molecule has 0 saturated heterocycles. The molecule has 120 valence electrons. The summed E-state index contributed by atoms with van der Waals surface area (Å²) in [6.45, 7) is 0. The van der Waals surface area contributed by atoms with Crippen LogP contribution in [0.5, 0.6) is 11.5 Å². The highest BCUT2D eigenvalue weighted by Gasteiger charge is 2.08. The molecule has 0 heterocycles. The monoisotopic (exact) mass is 316 g/mol. The number of hydrogen-bond donors (Lipinski definition) is 3. The van der Waals surface area contributed by atoms with Gasteiger partial charge in [0.1, 0.15) is 0 Å². The van der Waals surface area contributed by atoms with Crippen LogP contribution < -0.4 is 20.1 Å². The summed E-state index contributed by atoms with van der Waals surface area (Å²) in [5.41, 5.74) is 1.16. The fraction of sp³-hybridized carbons (Fsp3) is 0.125. The number of carbonyl (C=O) groups is 2. The lowest BCUT2D eigenvalue weighted by atomic mass is 10.2. The van der Waals surface area contributed by atoms with Crippen LogP contribution in [0.25, 0.3) is 0 Å². The van der Waals surface area contributed by atoms with E-state index in [4.69, 9.17) is 14.6 Å². The molecule has 0 radical (unpaired) electrons. The molecule has 0 spiro atoms. The summed E-state index contributed by atoms with van der Waals surface area (Å²) in [5, 5.41) is 14.1. The molecule has 23 heavy (non-hydrogen) atoms. The Hall–Kier alpha value is -3.22. The van der Waals surface area contributed by atoms with Crippen molar-refractivity contribution in [3.8, 4) is 11.5 Å². The molecule has 0 saturated carbocycles. The van der Waals surface area contributed by atoms with Gasteiger partial charge in [0, 0.05) is 17.4 Å². The summed E-state index contributed by atoms with van der Waals surface area (Å²) in [6, 6.07) is 10.4. The van der Waals surface area contributed by atoms with Crippen molar-refractivity contribution in [2.75, 3.05) is 24.9 Å². The van der Waals surface area contributed by atoms with E-state index in [1.54, 1.807) is 18.2 Å². The molecule has 2 amide bonds. The summed E-state index contributed by atoms with van der Waals surface area (Å²) < 4.78 is 10.3. The number of hydrogen-bond acceptors (Lipinski definition) is 4. The van der Waals surface area contributed by atoms with Crippen molar-refractivity contribution in [2.45, 2.75) is 0 Å². The number of rotatable bonds is 5. The molecule has 0 aliphatic heterocycles. The minimum Gasteiger partial charge on any atom is -0.493 e. The molecule has 7 heteroatoms. The van der Waals surface area contributed by atoms with Crippen molar-refractivity contribution in [1.29, 1.82) is 0 Å². The fourth-order valence-electron chi connectivity index (χ4n) is 1.90. The van der Waals surface area contributed by atoms with Gasteiger partial charge in [-0.05, 0) is 36.4 Å². The topological polar surface area (TPSA) is 96.9 Å². The number of carbonyl (C=O) groups excluding carboxylic acids is 1. The number of nitrogens with one attached hydrogen (secondary N) is 2. The third-order valence-electron chi connectivity index (χ3n) is 3.03. The first-order chi connectivity index (χ1) is 11.0. The fourth-order valence-corrected chi connectivity index (χ4v) is 1.90. The van der Waals surface area contributed by atoms with E-state index < -0.39 is 12.0 Å². The van der Waals surface area contributed by atoms with Crippen LogP contribution in [-0.2, 0) is 0 Å². The number of ether oxygens (including phenoxy) is 2. The van der Waals surface area contributed by atoms with Crippen molar-refractivity contribution in [3.05, 3.63) is 48.0 Å². The first-order valence-corrected chi connectivity index (χ1v) is 6.67.